The molecule has 13 nitrogen and oxygen atoms in total. The molecule has 0 atom stereocenters. The van der Waals surface area contributed by atoms with E-state index in [1.165, 1.54) is 10.9 Å². The van der Waals surface area contributed by atoms with Gasteiger partial charge in [0.05, 0.1) is 23.5 Å². The number of nitrogens with zero attached hydrogens (tertiary/aromatic N) is 7. The Morgan fingerprint density at radius 2 is 2.02 bits per heavy atom. The molecule has 3 N–H and O–H groups in total. The van der Waals surface area contributed by atoms with E-state index in [2.05, 4.69) is 52.0 Å². The Labute approximate surface area is 239 Å². The summed E-state index contributed by atoms with van der Waals surface area (Å²) in [7, 11) is 1.56. The smallest absolute Gasteiger partial charge is 0.293 e. The number of halogens is 1. The minimum absolute atomic E-state index is 0.0292. The average Bonchev–Trinajstić information content (AvgIpc) is 3.56. The summed E-state index contributed by atoms with van der Waals surface area (Å²) in [5, 5.41) is 19.6. The largest absolute Gasteiger partial charge is 0.493 e. The Hall–Kier alpha value is -4.30. The number of aromatic nitrogens is 5. The summed E-state index contributed by atoms with van der Waals surface area (Å²) in [6.07, 6.45) is 1.49. The van der Waals surface area contributed by atoms with E-state index in [9.17, 15) is 4.79 Å². The third-order valence-corrected chi connectivity index (χ3v) is 6.80. The van der Waals surface area contributed by atoms with Crippen LogP contribution >= 0.6 is 15.9 Å². The maximum atomic E-state index is 13.1. The topological polar surface area (TPSA) is 159 Å². The van der Waals surface area contributed by atoms with Crippen molar-refractivity contribution in [2.24, 2.45) is 5.10 Å². The molecule has 4 rings (SSSR count). The van der Waals surface area contributed by atoms with Crippen LogP contribution in [-0.4, -0.2) is 62.5 Å². The highest BCUT2D eigenvalue weighted by molar-refractivity contribution is 9.10. The Bertz CT molecular complexity index is 1500. The van der Waals surface area contributed by atoms with E-state index >= 15 is 0 Å². The standard InChI is InChI=1S/C26H30BrN9O4/c1-5-35(6-2)14-20-22(30-34-36(20)25-24(28)32-40-33-25)26(37)31-29-13-17-11-19(27)23(21(12-17)38-4)39-15-18-10-8-7-9-16(18)3/h7-13H,5-6,14-15H2,1-4H3,(H2,28,32)(H,31,37). The van der Waals surface area contributed by atoms with Crippen molar-refractivity contribution in [2.75, 3.05) is 25.9 Å². The summed E-state index contributed by atoms with van der Waals surface area (Å²) in [5.41, 5.74) is 11.8. The van der Waals surface area contributed by atoms with Crippen LogP contribution in [0, 0.1) is 6.92 Å². The summed E-state index contributed by atoms with van der Waals surface area (Å²) >= 11 is 3.55. The van der Waals surface area contributed by atoms with Gasteiger partial charge in [-0.2, -0.15) is 9.78 Å². The maximum absolute atomic E-state index is 13.1. The van der Waals surface area contributed by atoms with E-state index in [0.717, 1.165) is 24.2 Å². The number of hydrogen-bond donors (Lipinski definition) is 2. The Morgan fingerprint density at radius 3 is 2.70 bits per heavy atom. The molecular weight excluding hydrogens is 582 g/mol. The van der Waals surface area contributed by atoms with Gasteiger partial charge in [0, 0.05) is 6.54 Å². The zero-order valence-electron chi connectivity index (χ0n) is 22.6. The molecule has 2 heterocycles. The molecule has 4 aromatic rings. The number of nitrogens with one attached hydrogen (secondary N) is 1. The van der Waals surface area contributed by atoms with Gasteiger partial charge in [-0.05, 0) is 75.1 Å². The highest BCUT2D eigenvalue weighted by Crippen LogP contribution is 2.37. The number of anilines is 1. The van der Waals surface area contributed by atoms with E-state index in [-0.39, 0.29) is 17.3 Å². The van der Waals surface area contributed by atoms with Crippen LogP contribution < -0.4 is 20.6 Å². The molecule has 1 amide bonds. The van der Waals surface area contributed by atoms with Crippen LogP contribution in [0.5, 0.6) is 11.5 Å². The molecule has 0 aliphatic heterocycles. The van der Waals surface area contributed by atoms with Crippen molar-refractivity contribution in [1.82, 2.24) is 35.6 Å². The number of amides is 1. The van der Waals surface area contributed by atoms with Gasteiger partial charge in [-0.25, -0.2) is 10.1 Å². The van der Waals surface area contributed by atoms with Crippen LogP contribution in [0.15, 0.2) is 50.6 Å². The predicted octanol–water partition coefficient (Wildman–Crippen LogP) is 3.50. The van der Waals surface area contributed by atoms with Crippen LogP contribution in [0.1, 0.15) is 46.7 Å². The normalized spacial score (nSPS) is 11.3. The minimum atomic E-state index is -0.552. The number of hydrazone groups is 1. The number of nitrogen functional groups attached to an aromatic ring is 1. The summed E-state index contributed by atoms with van der Waals surface area (Å²) in [5.74, 6) is 0.703. The zero-order chi connectivity index (χ0) is 28.6. The quantitative estimate of drug-likeness (QED) is 0.179. The van der Waals surface area contributed by atoms with E-state index < -0.39 is 5.91 Å². The minimum Gasteiger partial charge on any atom is -0.493 e. The first-order valence-corrected chi connectivity index (χ1v) is 13.3. The third-order valence-electron chi connectivity index (χ3n) is 6.21. The van der Waals surface area contributed by atoms with Gasteiger partial charge in [0.25, 0.3) is 5.91 Å². The van der Waals surface area contributed by atoms with E-state index in [0.29, 0.717) is 40.4 Å². The van der Waals surface area contributed by atoms with Crippen LogP contribution in [0.2, 0.25) is 0 Å². The molecule has 2 aromatic heterocycles. The summed E-state index contributed by atoms with van der Waals surface area (Å²) < 4.78 is 18.3. The Kier molecular flexibility index (Phi) is 9.45. The van der Waals surface area contributed by atoms with Gasteiger partial charge in [0.1, 0.15) is 6.61 Å². The molecule has 0 aliphatic rings. The lowest BCUT2D eigenvalue weighted by Gasteiger charge is -2.18. The van der Waals surface area contributed by atoms with Gasteiger partial charge >= 0.3 is 0 Å². The predicted molar refractivity (Wildman–Crippen MR) is 152 cm³/mol. The SMILES string of the molecule is CCN(CC)Cc1c(C(=O)NN=Cc2cc(Br)c(OCc3ccccc3C)c(OC)c2)nnn1-c1nonc1N. The Balaban J connectivity index is 1.51. The fourth-order valence-electron chi connectivity index (χ4n) is 3.88. The molecule has 210 valence electrons. The molecule has 0 fully saturated rings. The van der Waals surface area contributed by atoms with Gasteiger partial charge in [-0.3, -0.25) is 9.69 Å². The number of carbonyl (C=O) groups excluding carboxylic acids is 1. The molecule has 0 spiro atoms. The van der Waals surface area contributed by atoms with Crippen molar-refractivity contribution in [3.8, 4) is 17.3 Å². The molecule has 0 aliphatic carbocycles. The number of carbonyl (C=O) groups is 1. The summed E-state index contributed by atoms with van der Waals surface area (Å²) in [6.45, 7) is 8.30. The summed E-state index contributed by atoms with van der Waals surface area (Å²) in [6, 6.07) is 11.6. The van der Waals surface area contributed by atoms with Crippen LogP contribution in [0.4, 0.5) is 5.82 Å². The first-order chi connectivity index (χ1) is 19.4. The molecule has 2 aromatic carbocycles. The van der Waals surface area contributed by atoms with Crippen molar-refractivity contribution in [3.63, 3.8) is 0 Å². The molecule has 0 saturated carbocycles. The number of nitrogens with two attached hydrogens (primary N) is 1. The van der Waals surface area contributed by atoms with Gasteiger partial charge in [0.15, 0.2) is 17.2 Å². The van der Waals surface area contributed by atoms with Gasteiger partial charge in [-0.1, -0.05) is 43.3 Å². The average molecular weight is 612 g/mol. The number of ether oxygens (including phenoxy) is 2. The van der Waals surface area contributed by atoms with Crippen molar-refractivity contribution < 1.29 is 18.9 Å². The first kappa shape index (κ1) is 28.7. The van der Waals surface area contributed by atoms with E-state index in [1.807, 2.05) is 51.1 Å². The number of hydrogen-bond acceptors (Lipinski definition) is 11. The summed E-state index contributed by atoms with van der Waals surface area (Å²) in [4.78, 5) is 15.2. The number of aryl methyl sites for hydroxylation is 1. The maximum Gasteiger partial charge on any atom is 0.293 e. The lowest BCUT2D eigenvalue weighted by molar-refractivity contribution is 0.0948. The number of methoxy groups -OCH3 is 1. The van der Waals surface area contributed by atoms with Gasteiger partial charge in [-0.15, -0.1) is 5.10 Å². The zero-order valence-corrected chi connectivity index (χ0v) is 24.2. The highest BCUT2D eigenvalue weighted by atomic mass is 79.9. The molecule has 0 bridgehead atoms. The molecule has 0 radical (unpaired) electrons. The van der Waals surface area contributed by atoms with Crippen molar-refractivity contribution in [1.29, 1.82) is 0 Å². The van der Waals surface area contributed by atoms with E-state index in [4.69, 9.17) is 19.8 Å². The highest BCUT2D eigenvalue weighted by Gasteiger charge is 2.25. The van der Waals surface area contributed by atoms with Crippen molar-refractivity contribution >= 4 is 33.9 Å². The van der Waals surface area contributed by atoms with Crippen LogP contribution in [0.3, 0.4) is 0 Å². The second kappa shape index (κ2) is 13.2. The molecule has 14 heteroatoms. The molecule has 40 heavy (non-hydrogen) atoms. The van der Waals surface area contributed by atoms with Crippen LogP contribution in [-0.2, 0) is 13.2 Å². The third kappa shape index (κ3) is 6.46. The number of rotatable bonds is 12. The fourth-order valence-corrected chi connectivity index (χ4v) is 4.46. The van der Waals surface area contributed by atoms with Gasteiger partial charge < -0.3 is 15.2 Å². The first-order valence-electron chi connectivity index (χ1n) is 12.5. The van der Waals surface area contributed by atoms with E-state index in [1.54, 1.807) is 13.2 Å². The number of benzene rings is 2. The van der Waals surface area contributed by atoms with Crippen LogP contribution in [0.25, 0.3) is 5.82 Å². The van der Waals surface area contributed by atoms with Crippen molar-refractivity contribution in [2.45, 2.75) is 33.9 Å². The van der Waals surface area contributed by atoms with Gasteiger partial charge in [0.2, 0.25) is 11.6 Å². The molecule has 0 saturated heterocycles. The fraction of sp³-hybridized carbons (Fsp3) is 0.308. The monoisotopic (exact) mass is 611 g/mol. The lowest BCUT2D eigenvalue weighted by Crippen LogP contribution is -2.27. The lowest BCUT2D eigenvalue weighted by atomic mass is 10.1. The Morgan fingerprint density at radius 1 is 1.25 bits per heavy atom. The molecular formula is C26H30BrN9O4. The van der Waals surface area contributed by atoms with Crippen molar-refractivity contribution in [3.05, 3.63) is 68.9 Å². The second-order valence-corrected chi connectivity index (χ2v) is 9.53. The molecule has 0 unspecified atom stereocenters. The second-order valence-electron chi connectivity index (χ2n) is 8.68.